The predicted octanol–water partition coefficient (Wildman–Crippen LogP) is 4.63. The lowest BCUT2D eigenvalue weighted by molar-refractivity contribution is 0.102. The third-order valence-corrected chi connectivity index (χ3v) is 8.78. The minimum absolute atomic E-state index is 0.0975. The first-order chi connectivity index (χ1) is 15.2. The Morgan fingerprint density at radius 2 is 1.88 bits per heavy atom. The standard InChI is InChI=1S/C22H23ClN4O3S2/c1-14-5-10-19(12-15(14)2)32(29,30)27-11-3-4-16(13-27)21-25-26-22(31-21)20(28)24-18-8-6-17(23)7-9-18/h5-10,12,16H,3-4,11,13H2,1-2H3,(H,24,28)/t16-/m1/s1. The van der Waals surface area contributed by atoms with Gasteiger partial charge in [-0.2, -0.15) is 4.31 Å². The molecule has 7 nitrogen and oxygen atoms in total. The molecule has 1 N–H and O–H groups in total. The summed E-state index contributed by atoms with van der Waals surface area (Å²) in [6.45, 7) is 4.65. The number of piperidine rings is 1. The molecule has 1 aliphatic rings. The Morgan fingerprint density at radius 1 is 1.12 bits per heavy atom. The van der Waals surface area contributed by atoms with Gasteiger partial charge in [0, 0.05) is 29.7 Å². The Bertz CT molecular complexity index is 1240. The van der Waals surface area contributed by atoms with Crippen LogP contribution in [0.15, 0.2) is 47.4 Å². The van der Waals surface area contributed by atoms with Gasteiger partial charge in [-0.25, -0.2) is 8.42 Å². The van der Waals surface area contributed by atoms with Gasteiger partial charge < -0.3 is 5.32 Å². The summed E-state index contributed by atoms with van der Waals surface area (Å²) in [7, 11) is -3.60. The van der Waals surface area contributed by atoms with Crippen molar-refractivity contribution in [1.29, 1.82) is 0 Å². The second-order valence-corrected chi connectivity index (χ2v) is 11.2. The number of sulfonamides is 1. The maximum Gasteiger partial charge on any atom is 0.286 e. The number of aryl methyl sites for hydroxylation is 2. The molecule has 1 saturated heterocycles. The third kappa shape index (κ3) is 4.85. The smallest absolute Gasteiger partial charge is 0.286 e. The van der Waals surface area contributed by atoms with Gasteiger partial charge in [0.15, 0.2) is 0 Å². The van der Waals surface area contributed by atoms with Crippen molar-refractivity contribution in [3.05, 3.63) is 68.6 Å². The molecule has 1 fully saturated rings. The molecule has 0 radical (unpaired) electrons. The number of carbonyl (C=O) groups excluding carboxylic acids is 1. The number of rotatable bonds is 5. The van der Waals surface area contributed by atoms with Crippen molar-refractivity contribution < 1.29 is 13.2 Å². The van der Waals surface area contributed by atoms with Crippen molar-refractivity contribution in [2.75, 3.05) is 18.4 Å². The van der Waals surface area contributed by atoms with E-state index in [0.717, 1.165) is 24.0 Å². The minimum atomic E-state index is -3.60. The van der Waals surface area contributed by atoms with Crippen LogP contribution in [-0.2, 0) is 10.0 Å². The Hall–Kier alpha value is -2.33. The molecule has 4 rings (SSSR count). The average Bonchev–Trinajstić information content (AvgIpc) is 3.28. The van der Waals surface area contributed by atoms with Gasteiger partial charge in [0.1, 0.15) is 5.01 Å². The Balaban J connectivity index is 1.48. The summed E-state index contributed by atoms with van der Waals surface area (Å²) < 4.78 is 27.9. The van der Waals surface area contributed by atoms with Crippen LogP contribution < -0.4 is 5.32 Å². The molecular formula is C22H23ClN4O3S2. The van der Waals surface area contributed by atoms with Crippen LogP contribution in [0.1, 0.15) is 44.7 Å². The molecule has 2 heterocycles. The lowest BCUT2D eigenvalue weighted by atomic mass is 10.0. The highest BCUT2D eigenvalue weighted by molar-refractivity contribution is 7.89. The molecule has 2 aromatic carbocycles. The van der Waals surface area contributed by atoms with E-state index in [1.54, 1.807) is 36.4 Å². The monoisotopic (exact) mass is 490 g/mol. The van der Waals surface area contributed by atoms with Crippen molar-refractivity contribution >= 4 is 44.6 Å². The Labute approximate surface area is 196 Å². The van der Waals surface area contributed by atoms with Crippen LogP contribution in [0.3, 0.4) is 0 Å². The third-order valence-electron chi connectivity index (χ3n) is 5.59. The maximum atomic E-state index is 13.2. The first-order valence-corrected chi connectivity index (χ1v) is 12.9. The number of hydrogen-bond acceptors (Lipinski definition) is 6. The van der Waals surface area contributed by atoms with Crippen LogP contribution in [0.5, 0.6) is 0 Å². The molecular weight excluding hydrogens is 468 g/mol. The molecule has 10 heteroatoms. The highest BCUT2D eigenvalue weighted by Gasteiger charge is 2.33. The zero-order valence-corrected chi connectivity index (χ0v) is 20.1. The molecule has 0 unspecified atom stereocenters. The van der Waals surface area contributed by atoms with Crippen LogP contribution in [-0.4, -0.2) is 41.9 Å². The van der Waals surface area contributed by atoms with E-state index in [-0.39, 0.29) is 16.8 Å². The molecule has 0 bridgehead atoms. The average molecular weight is 491 g/mol. The summed E-state index contributed by atoms with van der Waals surface area (Å²) in [6.07, 6.45) is 1.52. The lowest BCUT2D eigenvalue weighted by Gasteiger charge is -2.30. The SMILES string of the molecule is Cc1ccc(S(=O)(=O)N2CCC[C@@H](c3nnc(C(=O)Nc4ccc(Cl)cc4)s3)C2)cc1C. The van der Waals surface area contributed by atoms with Crippen molar-refractivity contribution in [2.24, 2.45) is 0 Å². The van der Waals surface area contributed by atoms with Crippen LogP contribution in [0.2, 0.25) is 5.02 Å². The highest BCUT2D eigenvalue weighted by atomic mass is 35.5. The summed E-state index contributed by atoms with van der Waals surface area (Å²) in [6, 6.07) is 12.0. The van der Waals surface area contributed by atoms with Gasteiger partial charge in [0.25, 0.3) is 5.91 Å². The van der Waals surface area contributed by atoms with Crippen molar-refractivity contribution in [2.45, 2.75) is 37.5 Å². The van der Waals surface area contributed by atoms with Crippen LogP contribution in [0.25, 0.3) is 0 Å². The number of halogens is 1. The van der Waals surface area contributed by atoms with Gasteiger partial charge in [0.2, 0.25) is 15.0 Å². The van der Waals surface area contributed by atoms with E-state index in [4.69, 9.17) is 11.6 Å². The maximum absolute atomic E-state index is 13.2. The highest BCUT2D eigenvalue weighted by Crippen LogP contribution is 2.32. The molecule has 3 aromatic rings. The molecule has 0 aliphatic carbocycles. The second-order valence-electron chi connectivity index (χ2n) is 7.85. The molecule has 1 aliphatic heterocycles. The van der Waals surface area contributed by atoms with Gasteiger partial charge in [-0.1, -0.05) is 29.0 Å². The van der Waals surface area contributed by atoms with Crippen LogP contribution >= 0.6 is 22.9 Å². The fourth-order valence-corrected chi connectivity index (χ4v) is 6.19. The number of hydrogen-bond donors (Lipinski definition) is 1. The molecule has 0 saturated carbocycles. The number of nitrogens with one attached hydrogen (secondary N) is 1. The molecule has 1 aromatic heterocycles. The first-order valence-electron chi connectivity index (χ1n) is 10.2. The van der Waals surface area contributed by atoms with Crippen molar-refractivity contribution in [1.82, 2.24) is 14.5 Å². The summed E-state index contributed by atoms with van der Waals surface area (Å²) in [5.74, 6) is -0.453. The van der Waals surface area contributed by atoms with Crippen molar-refractivity contribution in [3.63, 3.8) is 0 Å². The van der Waals surface area contributed by atoms with Gasteiger partial charge in [-0.15, -0.1) is 10.2 Å². The van der Waals surface area contributed by atoms with E-state index in [1.165, 1.54) is 15.6 Å². The fraction of sp³-hybridized carbons (Fsp3) is 0.318. The second kappa shape index (κ2) is 9.27. The molecule has 168 valence electrons. The summed E-state index contributed by atoms with van der Waals surface area (Å²) in [5.41, 5.74) is 2.61. The number of aromatic nitrogens is 2. The summed E-state index contributed by atoms with van der Waals surface area (Å²) in [4.78, 5) is 12.8. The predicted molar refractivity (Wildman–Crippen MR) is 126 cm³/mol. The summed E-state index contributed by atoms with van der Waals surface area (Å²) in [5, 5.41) is 12.5. The van der Waals surface area contributed by atoms with Crippen molar-refractivity contribution in [3.8, 4) is 0 Å². The van der Waals surface area contributed by atoms with Crippen LogP contribution in [0.4, 0.5) is 5.69 Å². The lowest BCUT2D eigenvalue weighted by Crippen LogP contribution is -2.39. The largest absolute Gasteiger partial charge is 0.320 e. The number of amides is 1. The van der Waals surface area contributed by atoms with E-state index < -0.39 is 10.0 Å². The van der Waals surface area contributed by atoms with E-state index in [0.29, 0.717) is 33.7 Å². The van der Waals surface area contributed by atoms with E-state index >= 15 is 0 Å². The number of carbonyl (C=O) groups is 1. The fourth-order valence-electron chi connectivity index (χ4n) is 3.59. The zero-order chi connectivity index (χ0) is 22.9. The molecule has 1 amide bonds. The number of benzene rings is 2. The molecule has 1 atom stereocenters. The number of anilines is 1. The van der Waals surface area contributed by atoms with E-state index in [1.807, 2.05) is 19.9 Å². The number of nitrogens with zero attached hydrogens (tertiary/aromatic N) is 3. The zero-order valence-electron chi connectivity index (χ0n) is 17.7. The van der Waals surface area contributed by atoms with Gasteiger partial charge >= 0.3 is 0 Å². The van der Waals surface area contributed by atoms with Gasteiger partial charge in [0.05, 0.1) is 4.90 Å². The van der Waals surface area contributed by atoms with E-state index in [9.17, 15) is 13.2 Å². The normalized spacial score (nSPS) is 17.3. The quantitative estimate of drug-likeness (QED) is 0.563. The van der Waals surface area contributed by atoms with Gasteiger partial charge in [-0.3, -0.25) is 4.79 Å². The van der Waals surface area contributed by atoms with E-state index in [2.05, 4.69) is 15.5 Å². The summed E-state index contributed by atoms with van der Waals surface area (Å²) >= 11 is 7.07. The molecule has 0 spiro atoms. The first kappa shape index (κ1) is 22.8. The topological polar surface area (TPSA) is 92.3 Å². The van der Waals surface area contributed by atoms with Gasteiger partial charge in [-0.05, 0) is 74.2 Å². The Kier molecular flexibility index (Phi) is 6.62. The minimum Gasteiger partial charge on any atom is -0.320 e. The van der Waals surface area contributed by atoms with Crippen LogP contribution in [0, 0.1) is 13.8 Å². The Morgan fingerprint density at radius 3 is 2.59 bits per heavy atom. The molecule has 32 heavy (non-hydrogen) atoms.